The van der Waals surface area contributed by atoms with Gasteiger partial charge in [-0.1, -0.05) is 41.7 Å². The molecule has 3 aromatic rings. The Morgan fingerprint density at radius 1 is 1.10 bits per heavy atom. The van der Waals surface area contributed by atoms with Gasteiger partial charge in [-0.2, -0.15) is 0 Å². The van der Waals surface area contributed by atoms with Crippen molar-refractivity contribution in [3.63, 3.8) is 0 Å². The Bertz CT molecular complexity index is 922. The number of carbonyl (C=O) groups excluding carboxylic acids is 1. The highest BCUT2D eigenvalue weighted by atomic mass is 32.1. The lowest BCUT2D eigenvalue weighted by Crippen LogP contribution is -3.12. The van der Waals surface area contributed by atoms with Gasteiger partial charge in [0.25, 0.3) is 0 Å². The summed E-state index contributed by atoms with van der Waals surface area (Å²) in [7, 11) is 0. The largest absolute Gasteiger partial charge is 0.493 e. The first-order valence-corrected chi connectivity index (χ1v) is 11.1. The number of aromatic nitrogens is 1. The number of ether oxygens (including phenoxy) is 1. The Kier molecular flexibility index (Phi) is 7.61. The molecule has 6 heteroatoms. The minimum atomic E-state index is 0.0594. The third kappa shape index (κ3) is 5.55. The number of hydrogen-bond donors (Lipinski definition) is 1. The van der Waals surface area contributed by atoms with Crippen LogP contribution < -0.4 is 14.5 Å². The van der Waals surface area contributed by atoms with Gasteiger partial charge in [0.05, 0.1) is 49.4 Å². The van der Waals surface area contributed by atoms with E-state index < -0.39 is 0 Å². The van der Waals surface area contributed by atoms with E-state index >= 15 is 0 Å². The molecule has 5 nitrogen and oxygen atoms in total. The van der Waals surface area contributed by atoms with Crippen LogP contribution in [0.2, 0.25) is 0 Å². The van der Waals surface area contributed by atoms with E-state index in [9.17, 15) is 4.79 Å². The Morgan fingerprint density at radius 2 is 1.86 bits per heavy atom. The maximum absolute atomic E-state index is 13.1. The molecule has 0 unspecified atom stereocenters. The molecule has 0 aliphatic heterocycles. The summed E-state index contributed by atoms with van der Waals surface area (Å²) in [5, 5.41) is 0.783. The Hall–Kier alpha value is -2.44. The van der Waals surface area contributed by atoms with Crippen molar-refractivity contribution < 1.29 is 14.4 Å². The molecule has 1 heterocycles. The summed E-state index contributed by atoms with van der Waals surface area (Å²) in [5.74, 6) is 0.847. The Labute approximate surface area is 176 Å². The van der Waals surface area contributed by atoms with E-state index in [-0.39, 0.29) is 5.91 Å². The third-order valence-electron chi connectivity index (χ3n) is 5.16. The van der Waals surface area contributed by atoms with Crippen molar-refractivity contribution in [1.29, 1.82) is 0 Å². The second kappa shape index (κ2) is 10.4. The summed E-state index contributed by atoms with van der Waals surface area (Å²) in [6, 6.07) is 15.8. The lowest BCUT2D eigenvalue weighted by molar-refractivity contribution is -0.894. The van der Waals surface area contributed by atoms with Crippen LogP contribution in [0.15, 0.2) is 48.5 Å². The smallest absolute Gasteiger partial charge is 0.232 e. The molecule has 0 atom stereocenters. The van der Waals surface area contributed by atoms with Crippen LogP contribution in [0.1, 0.15) is 25.8 Å². The van der Waals surface area contributed by atoms with Crippen LogP contribution in [-0.2, 0) is 4.79 Å². The van der Waals surface area contributed by atoms with Crippen molar-refractivity contribution in [3.8, 4) is 5.75 Å². The number of anilines is 1. The average Bonchev–Trinajstić information content (AvgIpc) is 3.17. The van der Waals surface area contributed by atoms with Crippen molar-refractivity contribution in [3.05, 3.63) is 54.1 Å². The molecule has 0 aliphatic rings. The molecule has 0 aliphatic carbocycles. The fraction of sp³-hybridized carbons (Fsp3) is 0.391. The first kappa shape index (κ1) is 21.3. The number of para-hydroxylation sites is 2. The highest BCUT2D eigenvalue weighted by Gasteiger charge is 2.21. The second-order valence-electron chi connectivity index (χ2n) is 7.08. The molecule has 1 N–H and O–H groups in total. The number of hydrogen-bond acceptors (Lipinski definition) is 4. The minimum absolute atomic E-state index is 0.0594. The Morgan fingerprint density at radius 3 is 2.55 bits per heavy atom. The summed E-state index contributed by atoms with van der Waals surface area (Å²) in [6.07, 6.45) is 0.331. The molecule has 0 saturated heterocycles. The molecular weight excluding hydrogens is 382 g/mol. The number of nitrogens with one attached hydrogen (secondary N) is 1. The maximum Gasteiger partial charge on any atom is 0.232 e. The normalized spacial score (nSPS) is 11.2. The molecular formula is C23H30N3O2S+. The van der Waals surface area contributed by atoms with Crippen LogP contribution in [0, 0.1) is 6.92 Å². The van der Waals surface area contributed by atoms with Gasteiger partial charge in [-0.05, 0) is 44.5 Å². The Balaban J connectivity index is 1.74. The highest BCUT2D eigenvalue weighted by Crippen LogP contribution is 2.30. The van der Waals surface area contributed by atoms with Gasteiger partial charge in [0.1, 0.15) is 5.75 Å². The van der Waals surface area contributed by atoms with Crippen molar-refractivity contribution >= 4 is 32.6 Å². The van der Waals surface area contributed by atoms with Crippen molar-refractivity contribution in [2.75, 3.05) is 37.7 Å². The molecule has 1 aromatic heterocycles. The molecule has 3 rings (SSSR count). The lowest BCUT2D eigenvalue weighted by Gasteiger charge is -2.23. The summed E-state index contributed by atoms with van der Waals surface area (Å²) in [4.78, 5) is 21.2. The van der Waals surface area contributed by atoms with Crippen LogP contribution in [0.4, 0.5) is 5.13 Å². The molecule has 0 radical (unpaired) electrons. The quantitative estimate of drug-likeness (QED) is 0.556. The lowest BCUT2D eigenvalue weighted by atomic mass is 10.2. The molecule has 2 aromatic carbocycles. The van der Waals surface area contributed by atoms with Gasteiger partial charge in [-0.3, -0.25) is 9.69 Å². The van der Waals surface area contributed by atoms with Crippen molar-refractivity contribution in [1.82, 2.24) is 4.98 Å². The number of aryl methyl sites for hydroxylation is 1. The number of rotatable bonds is 10. The second-order valence-corrected chi connectivity index (χ2v) is 8.09. The van der Waals surface area contributed by atoms with E-state index in [1.807, 2.05) is 41.3 Å². The monoisotopic (exact) mass is 412 g/mol. The van der Waals surface area contributed by atoms with E-state index in [1.165, 1.54) is 4.90 Å². The van der Waals surface area contributed by atoms with E-state index in [2.05, 4.69) is 32.9 Å². The molecule has 0 bridgehead atoms. The van der Waals surface area contributed by atoms with Gasteiger partial charge in [-0.15, -0.1) is 0 Å². The number of nitrogens with zero attached hydrogens (tertiary/aromatic N) is 2. The summed E-state index contributed by atoms with van der Waals surface area (Å²) in [6.45, 7) is 10.5. The number of likely N-dealkylation sites (N-methyl/N-ethyl adjacent to an activating group) is 1. The van der Waals surface area contributed by atoms with E-state index in [0.29, 0.717) is 19.6 Å². The molecule has 154 valence electrons. The average molecular weight is 413 g/mol. The van der Waals surface area contributed by atoms with Gasteiger partial charge in [0.15, 0.2) is 5.13 Å². The van der Waals surface area contributed by atoms with Gasteiger partial charge < -0.3 is 9.64 Å². The zero-order chi connectivity index (χ0) is 20.6. The number of thiazole rings is 1. The van der Waals surface area contributed by atoms with E-state index in [4.69, 9.17) is 9.72 Å². The van der Waals surface area contributed by atoms with Crippen molar-refractivity contribution in [2.45, 2.75) is 27.2 Å². The zero-order valence-electron chi connectivity index (χ0n) is 17.5. The first-order valence-electron chi connectivity index (χ1n) is 10.3. The van der Waals surface area contributed by atoms with Gasteiger partial charge in [0.2, 0.25) is 5.91 Å². The highest BCUT2D eigenvalue weighted by molar-refractivity contribution is 7.22. The van der Waals surface area contributed by atoms with Crippen LogP contribution in [0.3, 0.4) is 0 Å². The topological polar surface area (TPSA) is 46.9 Å². The number of quaternary nitrogens is 1. The molecule has 29 heavy (non-hydrogen) atoms. The number of carbonyl (C=O) groups is 1. The molecule has 0 spiro atoms. The maximum atomic E-state index is 13.1. The third-order valence-corrected chi connectivity index (χ3v) is 6.20. The van der Waals surface area contributed by atoms with Gasteiger partial charge in [-0.25, -0.2) is 4.98 Å². The van der Waals surface area contributed by atoms with E-state index in [0.717, 1.165) is 46.3 Å². The van der Waals surface area contributed by atoms with Crippen LogP contribution in [-0.4, -0.2) is 43.7 Å². The summed E-state index contributed by atoms with van der Waals surface area (Å²) >= 11 is 1.59. The van der Waals surface area contributed by atoms with Crippen LogP contribution >= 0.6 is 11.3 Å². The fourth-order valence-corrected chi connectivity index (χ4v) is 4.39. The first-order chi connectivity index (χ1) is 14.1. The van der Waals surface area contributed by atoms with Crippen LogP contribution in [0.25, 0.3) is 10.2 Å². The fourth-order valence-electron chi connectivity index (χ4n) is 3.30. The van der Waals surface area contributed by atoms with E-state index in [1.54, 1.807) is 11.3 Å². The molecule has 0 fully saturated rings. The standard InChI is InChI=1S/C23H29N3O2S/c1-4-25(5-2)15-16-26(21(27)14-17-28-19-11-7-6-8-12-19)23-24-22-18(3)10-9-13-20(22)29-23/h6-13H,4-5,14-17H2,1-3H3/p+1. The number of benzene rings is 2. The molecule has 0 saturated carbocycles. The predicted molar refractivity (Wildman–Crippen MR) is 120 cm³/mol. The van der Waals surface area contributed by atoms with Gasteiger partial charge >= 0.3 is 0 Å². The van der Waals surface area contributed by atoms with Gasteiger partial charge in [0, 0.05) is 0 Å². The molecule has 1 amide bonds. The number of amides is 1. The van der Waals surface area contributed by atoms with Crippen molar-refractivity contribution in [2.24, 2.45) is 0 Å². The number of fused-ring (bicyclic) bond motifs is 1. The predicted octanol–water partition coefficient (Wildman–Crippen LogP) is 3.33. The summed E-state index contributed by atoms with van der Waals surface area (Å²) in [5.41, 5.74) is 2.13. The summed E-state index contributed by atoms with van der Waals surface area (Å²) < 4.78 is 6.86. The minimum Gasteiger partial charge on any atom is -0.493 e. The zero-order valence-corrected chi connectivity index (χ0v) is 18.3. The SMILES string of the molecule is CC[NH+](CC)CCN(C(=O)CCOc1ccccc1)c1nc2c(C)cccc2s1. The van der Waals surface area contributed by atoms with Crippen LogP contribution in [0.5, 0.6) is 5.75 Å².